The molecule has 178 valence electrons. The summed E-state index contributed by atoms with van der Waals surface area (Å²) >= 11 is 0. The first-order chi connectivity index (χ1) is 16.2. The molecule has 4 rings (SSSR count). The number of carbonyl (C=O) groups excluding carboxylic acids is 1. The molecule has 1 saturated carbocycles. The largest absolute Gasteiger partial charge is 0.416 e. The van der Waals surface area contributed by atoms with E-state index < -0.39 is 23.5 Å². The van der Waals surface area contributed by atoms with Crippen molar-refractivity contribution in [1.29, 1.82) is 0 Å². The van der Waals surface area contributed by atoms with Gasteiger partial charge in [0.1, 0.15) is 6.33 Å². The normalized spacial score (nSPS) is 14.5. The molecular formula is C23H22F4N6O. The number of rotatable bonds is 9. The highest BCUT2D eigenvalue weighted by Gasteiger charge is 2.35. The third-order valence-corrected chi connectivity index (χ3v) is 5.47. The number of carbonyl (C=O) groups is 1. The molecule has 1 unspecified atom stereocenters. The zero-order chi connectivity index (χ0) is 24.3. The number of nitrogens with zero attached hydrogens (tertiary/aromatic N) is 3. The Balaban J connectivity index is 1.46. The molecule has 3 aromatic rings. The third kappa shape index (κ3) is 5.77. The fourth-order valence-electron chi connectivity index (χ4n) is 3.56. The highest BCUT2D eigenvalue weighted by atomic mass is 19.4. The van der Waals surface area contributed by atoms with E-state index in [1.165, 1.54) is 24.7 Å². The van der Waals surface area contributed by atoms with Crippen molar-refractivity contribution < 1.29 is 22.4 Å². The molecule has 0 aliphatic heterocycles. The molecule has 1 amide bonds. The summed E-state index contributed by atoms with van der Waals surface area (Å²) < 4.78 is 53.8. The number of primary amides is 1. The SMILES string of the molecule is NC(=O)Cc1ccc(CNc2ncnc(NC(c3ccc(C(F)(F)F)cc3)C3CC3)c2F)nc1. The molecule has 0 radical (unpaired) electrons. The molecule has 0 spiro atoms. The van der Waals surface area contributed by atoms with Gasteiger partial charge in [-0.1, -0.05) is 18.2 Å². The van der Waals surface area contributed by atoms with Gasteiger partial charge in [0, 0.05) is 6.20 Å². The molecule has 34 heavy (non-hydrogen) atoms. The Labute approximate surface area is 192 Å². The van der Waals surface area contributed by atoms with Crippen molar-refractivity contribution in [2.45, 2.75) is 38.0 Å². The summed E-state index contributed by atoms with van der Waals surface area (Å²) in [5, 5.41) is 5.91. The number of aromatic nitrogens is 3. The topological polar surface area (TPSA) is 106 Å². The molecule has 0 bridgehead atoms. The van der Waals surface area contributed by atoms with Crippen LogP contribution in [0.15, 0.2) is 48.9 Å². The van der Waals surface area contributed by atoms with Gasteiger partial charge < -0.3 is 16.4 Å². The Bertz CT molecular complexity index is 1150. The molecule has 2 heterocycles. The molecule has 2 aromatic heterocycles. The highest BCUT2D eigenvalue weighted by molar-refractivity contribution is 5.76. The van der Waals surface area contributed by atoms with Crippen molar-refractivity contribution in [3.63, 3.8) is 0 Å². The van der Waals surface area contributed by atoms with Gasteiger partial charge in [-0.05, 0) is 48.1 Å². The quantitative estimate of drug-likeness (QED) is 0.401. The van der Waals surface area contributed by atoms with E-state index in [1.807, 2.05) is 0 Å². The molecule has 4 N–H and O–H groups in total. The lowest BCUT2D eigenvalue weighted by molar-refractivity contribution is -0.137. The molecule has 0 saturated heterocycles. The minimum atomic E-state index is -4.42. The fraction of sp³-hybridized carbons (Fsp3) is 0.304. The van der Waals surface area contributed by atoms with Crippen LogP contribution in [-0.4, -0.2) is 20.9 Å². The van der Waals surface area contributed by atoms with Gasteiger partial charge in [0.15, 0.2) is 11.6 Å². The molecule has 11 heteroatoms. The van der Waals surface area contributed by atoms with E-state index in [1.54, 1.807) is 12.1 Å². The van der Waals surface area contributed by atoms with Gasteiger partial charge in [-0.3, -0.25) is 9.78 Å². The van der Waals surface area contributed by atoms with Crippen LogP contribution in [0.2, 0.25) is 0 Å². The van der Waals surface area contributed by atoms with Gasteiger partial charge in [0.2, 0.25) is 11.7 Å². The maximum Gasteiger partial charge on any atom is 0.416 e. The Morgan fingerprint density at radius 3 is 2.35 bits per heavy atom. The van der Waals surface area contributed by atoms with E-state index in [4.69, 9.17) is 5.73 Å². The van der Waals surface area contributed by atoms with Crippen LogP contribution in [0.5, 0.6) is 0 Å². The zero-order valence-electron chi connectivity index (χ0n) is 17.9. The first-order valence-electron chi connectivity index (χ1n) is 10.6. The van der Waals surface area contributed by atoms with Crippen molar-refractivity contribution in [3.8, 4) is 0 Å². The van der Waals surface area contributed by atoms with Crippen LogP contribution >= 0.6 is 0 Å². The lowest BCUT2D eigenvalue weighted by atomic mass is 10.0. The molecule has 1 aliphatic carbocycles. The van der Waals surface area contributed by atoms with E-state index in [0.29, 0.717) is 16.8 Å². The minimum absolute atomic E-state index is 0.0394. The van der Waals surface area contributed by atoms with Crippen LogP contribution in [0.25, 0.3) is 0 Å². The Kier molecular flexibility index (Phi) is 6.62. The highest BCUT2D eigenvalue weighted by Crippen LogP contribution is 2.43. The lowest BCUT2D eigenvalue weighted by Crippen LogP contribution is -2.17. The van der Waals surface area contributed by atoms with E-state index in [2.05, 4.69) is 25.6 Å². The maximum atomic E-state index is 15.1. The summed E-state index contributed by atoms with van der Waals surface area (Å²) in [4.78, 5) is 23.1. The number of hydrogen-bond acceptors (Lipinski definition) is 6. The summed E-state index contributed by atoms with van der Waals surface area (Å²) in [5.41, 5.74) is 6.32. The van der Waals surface area contributed by atoms with Crippen molar-refractivity contribution >= 4 is 17.5 Å². The minimum Gasteiger partial charge on any atom is -0.369 e. The summed E-state index contributed by atoms with van der Waals surface area (Å²) in [6.07, 6.45) is 0.153. The van der Waals surface area contributed by atoms with Crippen LogP contribution in [0.4, 0.5) is 29.2 Å². The van der Waals surface area contributed by atoms with Crippen LogP contribution < -0.4 is 16.4 Å². The summed E-state index contributed by atoms with van der Waals surface area (Å²) in [7, 11) is 0. The van der Waals surface area contributed by atoms with Crippen molar-refractivity contribution in [3.05, 3.63) is 77.1 Å². The van der Waals surface area contributed by atoms with Gasteiger partial charge in [0.25, 0.3) is 0 Å². The predicted octanol–water partition coefficient (Wildman–Crippen LogP) is 4.23. The number of benzene rings is 1. The van der Waals surface area contributed by atoms with Crippen LogP contribution in [0.3, 0.4) is 0 Å². The van der Waals surface area contributed by atoms with Crippen LogP contribution in [0.1, 0.15) is 41.3 Å². The van der Waals surface area contributed by atoms with Gasteiger partial charge in [-0.25, -0.2) is 9.97 Å². The van der Waals surface area contributed by atoms with E-state index in [9.17, 15) is 18.0 Å². The van der Waals surface area contributed by atoms with Crippen molar-refractivity contribution in [2.24, 2.45) is 11.7 Å². The van der Waals surface area contributed by atoms with Gasteiger partial charge in [-0.2, -0.15) is 17.6 Å². The van der Waals surface area contributed by atoms with Crippen LogP contribution in [0, 0.1) is 11.7 Å². The summed E-state index contributed by atoms with van der Waals surface area (Å²) in [6, 6.07) is 7.89. The number of halogens is 4. The molecular weight excluding hydrogens is 452 g/mol. The van der Waals surface area contributed by atoms with E-state index in [0.717, 1.165) is 25.0 Å². The predicted molar refractivity (Wildman–Crippen MR) is 117 cm³/mol. The summed E-state index contributed by atoms with van der Waals surface area (Å²) in [6.45, 7) is 0.176. The number of nitrogens with two attached hydrogens (primary N) is 1. The zero-order valence-corrected chi connectivity index (χ0v) is 17.9. The Morgan fingerprint density at radius 1 is 1.06 bits per heavy atom. The number of hydrogen-bond donors (Lipinski definition) is 3. The second kappa shape index (κ2) is 9.62. The van der Waals surface area contributed by atoms with Gasteiger partial charge in [0.05, 0.1) is 30.3 Å². The van der Waals surface area contributed by atoms with Crippen molar-refractivity contribution in [2.75, 3.05) is 10.6 Å². The number of anilines is 2. The first kappa shape index (κ1) is 23.4. The smallest absolute Gasteiger partial charge is 0.369 e. The average molecular weight is 474 g/mol. The van der Waals surface area contributed by atoms with E-state index in [-0.39, 0.29) is 36.6 Å². The Morgan fingerprint density at radius 2 is 1.76 bits per heavy atom. The van der Waals surface area contributed by atoms with Crippen molar-refractivity contribution in [1.82, 2.24) is 15.0 Å². The lowest BCUT2D eigenvalue weighted by Gasteiger charge is -2.21. The Hall–Kier alpha value is -3.76. The second-order valence-corrected chi connectivity index (χ2v) is 8.12. The standard InChI is InChI=1S/C23H22F4N6O/c24-19-21(30-11-17-8-1-13(10-29-17)9-18(28)34)31-12-32-22(19)33-20(14-2-3-14)15-4-6-16(7-5-15)23(25,26)27/h1,4-8,10,12,14,20H,2-3,9,11H2,(H2,28,34)(H2,30,31,32,33). The average Bonchev–Trinajstić information content (AvgIpc) is 3.63. The molecule has 1 aromatic carbocycles. The summed E-state index contributed by atoms with van der Waals surface area (Å²) in [5.74, 6) is -1.07. The fourth-order valence-corrected chi connectivity index (χ4v) is 3.56. The number of nitrogens with one attached hydrogen (secondary N) is 2. The third-order valence-electron chi connectivity index (χ3n) is 5.47. The number of pyridine rings is 1. The van der Waals surface area contributed by atoms with Crippen LogP contribution in [-0.2, 0) is 23.9 Å². The first-order valence-corrected chi connectivity index (χ1v) is 10.6. The van der Waals surface area contributed by atoms with E-state index >= 15 is 4.39 Å². The van der Waals surface area contributed by atoms with Gasteiger partial charge in [-0.15, -0.1) is 0 Å². The molecule has 1 atom stereocenters. The number of alkyl halides is 3. The number of amides is 1. The van der Waals surface area contributed by atoms with Gasteiger partial charge >= 0.3 is 6.18 Å². The maximum absolute atomic E-state index is 15.1. The molecule has 1 fully saturated rings. The molecule has 7 nitrogen and oxygen atoms in total. The second-order valence-electron chi connectivity index (χ2n) is 8.12. The molecule has 1 aliphatic rings. The monoisotopic (exact) mass is 474 g/mol.